The molecule has 2 heterocycles. The number of nitrogens with zero attached hydrogens (tertiary/aromatic N) is 3. The number of rotatable bonds is 4. The summed E-state index contributed by atoms with van der Waals surface area (Å²) in [6.07, 6.45) is 2.34. The van der Waals surface area contributed by atoms with Gasteiger partial charge in [0.1, 0.15) is 11.6 Å². The highest BCUT2D eigenvalue weighted by Gasteiger charge is 2.22. The first-order valence-electron chi connectivity index (χ1n) is 10.4. The zero-order valence-electron chi connectivity index (χ0n) is 17.6. The Balaban J connectivity index is 1.38. The summed E-state index contributed by atoms with van der Waals surface area (Å²) < 4.78 is 13.3. The Bertz CT molecular complexity index is 1170. The van der Waals surface area contributed by atoms with Gasteiger partial charge in [0.15, 0.2) is 0 Å². The maximum atomic E-state index is 13.3. The van der Waals surface area contributed by atoms with Crippen molar-refractivity contribution in [2.45, 2.75) is 6.42 Å². The predicted octanol–water partition coefficient (Wildman–Crippen LogP) is 5.13. The number of halogens is 3. The third-order valence-electron chi connectivity index (χ3n) is 5.36. The zero-order valence-corrected chi connectivity index (χ0v) is 19.1. The Hall–Kier alpha value is -3.16. The monoisotopic (exact) mass is 486 g/mol. The normalized spacial score (nSPS) is 14.0. The predicted molar refractivity (Wildman–Crippen MR) is 128 cm³/mol. The molecule has 1 aliphatic rings. The molecule has 2 aromatic carbocycles. The quantitative estimate of drug-likeness (QED) is 0.554. The van der Waals surface area contributed by atoms with E-state index in [1.54, 1.807) is 41.4 Å². The number of benzene rings is 2. The van der Waals surface area contributed by atoms with Crippen molar-refractivity contribution in [3.05, 3.63) is 87.8 Å². The number of anilines is 2. The van der Waals surface area contributed by atoms with E-state index in [0.29, 0.717) is 40.9 Å². The average molecular weight is 487 g/mol. The van der Waals surface area contributed by atoms with Crippen molar-refractivity contribution >= 4 is 46.5 Å². The highest BCUT2D eigenvalue weighted by atomic mass is 35.5. The van der Waals surface area contributed by atoms with Gasteiger partial charge >= 0.3 is 0 Å². The van der Waals surface area contributed by atoms with Gasteiger partial charge in [0.05, 0.1) is 22.5 Å². The summed E-state index contributed by atoms with van der Waals surface area (Å²) in [6.45, 7) is 2.48. The van der Waals surface area contributed by atoms with Crippen LogP contribution in [0.5, 0.6) is 0 Å². The molecule has 1 saturated heterocycles. The molecule has 4 rings (SSSR count). The van der Waals surface area contributed by atoms with Crippen LogP contribution in [-0.2, 0) is 0 Å². The highest BCUT2D eigenvalue weighted by Crippen LogP contribution is 2.23. The number of hydrogen-bond acceptors (Lipinski definition) is 4. The van der Waals surface area contributed by atoms with Crippen molar-refractivity contribution in [1.82, 2.24) is 9.88 Å². The van der Waals surface area contributed by atoms with Crippen LogP contribution in [0.3, 0.4) is 0 Å². The van der Waals surface area contributed by atoms with Crippen LogP contribution in [0.4, 0.5) is 15.9 Å². The van der Waals surface area contributed by atoms with E-state index in [1.807, 2.05) is 6.07 Å². The molecule has 170 valence electrons. The van der Waals surface area contributed by atoms with Crippen LogP contribution in [0.1, 0.15) is 27.1 Å². The number of aromatic nitrogens is 1. The lowest BCUT2D eigenvalue weighted by Gasteiger charge is -2.23. The maximum Gasteiger partial charge on any atom is 0.255 e. The molecule has 0 bridgehead atoms. The summed E-state index contributed by atoms with van der Waals surface area (Å²) in [4.78, 5) is 33.5. The molecule has 9 heteroatoms. The second kappa shape index (κ2) is 10.2. The molecular formula is C24H21Cl2FN4O2. The van der Waals surface area contributed by atoms with Gasteiger partial charge in [0.25, 0.3) is 11.8 Å². The second-order valence-corrected chi connectivity index (χ2v) is 8.47. The van der Waals surface area contributed by atoms with Crippen molar-refractivity contribution in [1.29, 1.82) is 0 Å². The van der Waals surface area contributed by atoms with Gasteiger partial charge in [0, 0.05) is 36.8 Å². The summed E-state index contributed by atoms with van der Waals surface area (Å²) >= 11 is 12.1. The molecule has 1 aliphatic heterocycles. The van der Waals surface area contributed by atoms with Crippen molar-refractivity contribution < 1.29 is 14.0 Å². The number of pyridine rings is 1. The van der Waals surface area contributed by atoms with Gasteiger partial charge in [-0.15, -0.1) is 0 Å². The van der Waals surface area contributed by atoms with E-state index in [0.717, 1.165) is 18.8 Å². The summed E-state index contributed by atoms with van der Waals surface area (Å²) in [6, 6.07) is 13.9. The van der Waals surface area contributed by atoms with Crippen molar-refractivity contribution in [3.8, 4) is 0 Å². The molecule has 0 unspecified atom stereocenters. The Morgan fingerprint density at radius 1 is 0.970 bits per heavy atom. The van der Waals surface area contributed by atoms with Gasteiger partial charge in [-0.25, -0.2) is 9.37 Å². The van der Waals surface area contributed by atoms with E-state index in [4.69, 9.17) is 23.2 Å². The lowest BCUT2D eigenvalue weighted by atomic mass is 10.2. The maximum absolute atomic E-state index is 13.3. The van der Waals surface area contributed by atoms with Crippen LogP contribution in [0.25, 0.3) is 0 Å². The van der Waals surface area contributed by atoms with E-state index in [9.17, 15) is 14.0 Å². The third-order valence-corrected chi connectivity index (χ3v) is 5.91. The smallest absolute Gasteiger partial charge is 0.255 e. The minimum atomic E-state index is -0.469. The number of amides is 2. The molecule has 6 nitrogen and oxygen atoms in total. The van der Waals surface area contributed by atoms with Crippen LogP contribution in [-0.4, -0.2) is 47.9 Å². The number of carbonyl (C=O) groups is 2. The summed E-state index contributed by atoms with van der Waals surface area (Å²) in [7, 11) is 0. The van der Waals surface area contributed by atoms with Gasteiger partial charge < -0.3 is 15.1 Å². The Morgan fingerprint density at radius 2 is 1.82 bits per heavy atom. The van der Waals surface area contributed by atoms with Gasteiger partial charge in [-0.3, -0.25) is 9.59 Å². The van der Waals surface area contributed by atoms with Crippen molar-refractivity contribution in [2.75, 3.05) is 36.4 Å². The fourth-order valence-corrected chi connectivity index (χ4v) is 4.15. The van der Waals surface area contributed by atoms with Crippen LogP contribution in [0, 0.1) is 5.82 Å². The number of nitrogens with one attached hydrogen (secondary N) is 1. The van der Waals surface area contributed by atoms with Crippen molar-refractivity contribution in [2.24, 2.45) is 0 Å². The summed E-state index contributed by atoms with van der Waals surface area (Å²) in [5.74, 6) is -0.253. The van der Waals surface area contributed by atoms with Gasteiger partial charge in [0.2, 0.25) is 0 Å². The zero-order chi connectivity index (χ0) is 23.4. The molecule has 2 amide bonds. The molecule has 1 N–H and O–H groups in total. The summed E-state index contributed by atoms with van der Waals surface area (Å²) in [5, 5.41) is 3.54. The van der Waals surface area contributed by atoms with E-state index < -0.39 is 11.7 Å². The molecule has 3 aromatic rings. The first kappa shape index (κ1) is 23.0. The molecule has 33 heavy (non-hydrogen) atoms. The van der Waals surface area contributed by atoms with E-state index in [2.05, 4.69) is 15.2 Å². The fraction of sp³-hybridized carbons (Fsp3) is 0.208. The van der Waals surface area contributed by atoms with Crippen LogP contribution >= 0.6 is 23.2 Å². The molecular weight excluding hydrogens is 466 g/mol. The van der Waals surface area contributed by atoms with E-state index in [1.165, 1.54) is 18.2 Å². The molecule has 0 radical (unpaired) electrons. The molecule has 0 saturated carbocycles. The molecule has 0 spiro atoms. The largest absolute Gasteiger partial charge is 0.355 e. The van der Waals surface area contributed by atoms with E-state index >= 15 is 0 Å². The van der Waals surface area contributed by atoms with Gasteiger partial charge in [-0.2, -0.15) is 0 Å². The number of hydrogen-bond donors (Lipinski definition) is 1. The first-order valence-corrected chi connectivity index (χ1v) is 11.2. The highest BCUT2D eigenvalue weighted by molar-refractivity contribution is 6.36. The average Bonchev–Trinajstić information content (AvgIpc) is 3.06. The third kappa shape index (κ3) is 5.61. The molecule has 1 aromatic heterocycles. The molecule has 1 fully saturated rings. The summed E-state index contributed by atoms with van der Waals surface area (Å²) in [5.41, 5.74) is 1.18. The fourth-order valence-electron chi connectivity index (χ4n) is 3.66. The van der Waals surface area contributed by atoms with Crippen LogP contribution < -0.4 is 10.2 Å². The SMILES string of the molecule is O=C(Nc1ccc(N2CCCN(C(=O)c3ccc(Cl)cc3Cl)CC2)nc1)c1cccc(F)c1. The van der Waals surface area contributed by atoms with Gasteiger partial charge in [-0.1, -0.05) is 29.3 Å². The number of carbonyl (C=O) groups excluding carboxylic acids is 2. The topological polar surface area (TPSA) is 65.5 Å². The minimum Gasteiger partial charge on any atom is -0.355 e. The first-order chi connectivity index (χ1) is 15.9. The Kier molecular flexibility index (Phi) is 7.11. The van der Waals surface area contributed by atoms with E-state index in [-0.39, 0.29) is 11.5 Å². The van der Waals surface area contributed by atoms with Crippen molar-refractivity contribution in [3.63, 3.8) is 0 Å². The minimum absolute atomic E-state index is 0.123. The van der Waals surface area contributed by atoms with Crippen LogP contribution in [0.15, 0.2) is 60.8 Å². The standard InChI is InChI=1S/C24H21Cl2FN4O2/c25-17-5-7-20(21(26)14-17)24(33)31-10-2-9-30(11-12-31)22-8-6-19(15-28-22)29-23(32)16-3-1-4-18(27)13-16/h1,3-8,13-15H,2,9-12H2,(H,29,32). The van der Waals surface area contributed by atoms with Gasteiger partial charge in [-0.05, 0) is 55.0 Å². The van der Waals surface area contributed by atoms with Crippen LogP contribution in [0.2, 0.25) is 10.0 Å². The lowest BCUT2D eigenvalue weighted by molar-refractivity contribution is 0.0767. The molecule has 0 atom stereocenters. The second-order valence-electron chi connectivity index (χ2n) is 7.63. The Labute approximate surface area is 200 Å². The Morgan fingerprint density at radius 3 is 2.55 bits per heavy atom. The molecule has 0 aliphatic carbocycles. The lowest BCUT2D eigenvalue weighted by Crippen LogP contribution is -2.35.